The zero-order chi connectivity index (χ0) is 17.1. The monoisotopic (exact) mass is 354 g/mol. The van der Waals surface area contributed by atoms with E-state index in [0.29, 0.717) is 13.1 Å². The lowest BCUT2D eigenvalue weighted by molar-refractivity contribution is 0.0778. The van der Waals surface area contributed by atoms with Crippen molar-refractivity contribution in [3.8, 4) is 0 Å². The molecule has 0 bridgehead atoms. The number of rotatable bonds is 4. The van der Waals surface area contributed by atoms with Gasteiger partial charge in [0.25, 0.3) is 5.91 Å². The van der Waals surface area contributed by atoms with Gasteiger partial charge in [-0.05, 0) is 50.0 Å². The van der Waals surface area contributed by atoms with Crippen molar-refractivity contribution in [2.24, 2.45) is 11.8 Å². The molecule has 1 N–H and O–H groups in total. The smallest absolute Gasteiger partial charge is 0.255 e. The van der Waals surface area contributed by atoms with Crippen molar-refractivity contribution in [3.63, 3.8) is 0 Å². The van der Waals surface area contributed by atoms with Gasteiger partial charge in [-0.2, -0.15) is 0 Å². The summed E-state index contributed by atoms with van der Waals surface area (Å²) in [4.78, 5) is 16.8. The number of carbonyl (C=O) groups is 1. The van der Waals surface area contributed by atoms with Crippen LogP contribution in [0.5, 0.6) is 0 Å². The average molecular weight is 355 g/mol. The number of carbonyl (C=O) groups excluding carboxylic acids is 1. The molecule has 3 rings (SSSR count). The third-order valence-electron chi connectivity index (χ3n) is 5.20. The van der Waals surface area contributed by atoms with Gasteiger partial charge in [-0.15, -0.1) is 0 Å². The largest absolute Gasteiger partial charge is 0.396 e. The molecule has 1 amide bonds. The zero-order valence-electron chi connectivity index (χ0n) is 13.8. The Balaban J connectivity index is 1.68. The highest BCUT2D eigenvalue weighted by Crippen LogP contribution is 2.28. The first-order valence-electron chi connectivity index (χ1n) is 8.66. The third kappa shape index (κ3) is 3.90. The van der Waals surface area contributed by atoms with Crippen LogP contribution >= 0.6 is 11.6 Å². The van der Waals surface area contributed by atoms with Crippen LogP contribution in [-0.2, 0) is 0 Å². The minimum absolute atomic E-state index is 0.0686. The Morgan fingerprint density at radius 3 is 2.62 bits per heavy atom. The summed E-state index contributed by atoms with van der Waals surface area (Å²) in [5.74, 6) is -0.391. The summed E-state index contributed by atoms with van der Waals surface area (Å²) in [7, 11) is 0. The Morgan fingerprint density at radius 1 is 1.21 bits per heavy atom. The van der Waals surface area contributed by atoms with E-state index in [0.717, 1.165) is 19.6 Å². The first-order valence-corrected chi connectivity index (χ1v) is 9.04. The number of amides is 1. The SMILES string of the molecule is O=C(c1cc(F)ccc1Cl)N1C[C@@H](CO)[C@@H](CN2CCCCC2)C1. The predicted octanol–water partition coefficient (Wildman–Crippen LogP) is 2.65. The minimum atomic E-state index is -0.467. The molecule has 2 heterocycles. The molecule has 0 aromatic heterocycles. The second-order valence-electron chi connectivity index (χ2n) is 6.90. The van der Waals surface area contributed by atoms with Crippen molar-refractivity contribution in [3.05, 3.63) is 34.6 Å². The highest BCUT2D eigenvalue weighted by atomic mass is 35.5. The lowest BCUT2D eigenvalue weighted by Crippen LogP contribution is -2.37. The number of aliphatic hydroxyl groups excluding tert-OH is 1. The molecule has 2 aliphatic heterocycles. The number of aliphatic hydroxyl groups is 1. The molecule has 6 heteroatoms. The van der Waals surface area contributed by atoms with E-state index >= 15 is 0 Å². The van der Waals surface area contributed by atoms with Crippen molar-refractivity contribution in [2.45, 2.75) is 19.3 Å². The minimum Gasteiger partial charge on any atom is -0.396 e. The van der Waals surface area contributed by atoms with Gasteiger partial charge in [0.2, 0.25) is 0 Å². The number of benzene rings is 1. The summed E-state index contributed by atoms with van der Waals surface area (Å²) < 4.78 is 13.4. The van der Waals surface area contributed by atoms with Crippen LogP contribution in [0, 0.1) is 17.7 Å². The molecule has 24 heavy (non-hydrogen) atoms. The summed E-state index contributed by atoms with van der Waals surface area (Å²) >= 11 is 6.06. The average Bonchev–Trinajstić information content (AvgIpc) is 3.00. The Bertz CT molecular complexity index is 592. The summed E-state index contributed by atoms with van der Waals surface area (Å²) in [6.07, 6.45) is 3.73. The van der Waals surface area contributed by atoms with Crippen molar-refractivity contribution in [1.29, 1.82) is 0 Å². The first kappa shape index (κ1) is 17.6. The van der Waals surface area contributed by atoms with E-state index in [2.05, 4.69) is 4.90 Å². The lowest BCUT2D eigenvalue weighted by atomic mass is 9.95. The van der Waals surface area contributed by atoms with E-state index in [-0.39, 0.29) is 34.9 Å². The second-order valence-corrected chi connectivity index (χ2v) is 7.31. The molecule has 1 aromatic carbocycles. The molecule has 2 saturated heterocycles. The summed E-state index contributed by atoms with van der Waals surface area (Å²) in [6.45, 7) is 4.26. The van der Waals surface area contributed by atoms with Gasteiger partial charge in [0.1, 0.15) is 5.82 Å². The van der Waals surface area contributed by atoms with Gasteiger partial charge < -0.3 is 14.9 Å². The molecule has 0 spiro atoms. The van der Waals surface area contributed by atoms with Crippen LogP contribution in [0.3, 0.4) is 0 Å². The molecular formula is C18H24ClFN2O2. The molecule has 0 radical (unpaired) electrons. The number of halogens is 2. The van der Waals surface area contributed by atoms with Crippen molar-refractivity contribution in [1.82, 2.24) is 9.80 Å². The molecule has 0 aliphatic carbocycles. The van der Waals surface area contributed by atoms with E-state index in [1.54, 1.807) is 4.90 Å². The van der Waals surface area contributed by atoms with Crippen LogP contribution in [0.25, 0.3) is 0 Å². The highest BCUT2D eigenvalue weighted by Gasteiger charge is 2.36. The number of hydrogen-bond acceptors (Lipinski definition) is 3. The zero-order valence-corrected chi connectivity index (χ0v) is 14.5. The fraction of sp³-hybridized carbons (Fsp3) is 0.611. The van der Waals surface area contributed by atoms with Gasteiger partial charge in [-0.25, -0.2) is 4.39 Å². The van der Waals surface area contributed by atoms with Gasteiger partial charge in [0.15, 0.2) is 0 Å². The van der Waals surface area contributed by atoms with Crippen molar-refractivity contribution < 1.29 is 14.3 Å². The standard InChI is InChI=1S/C18H24ClFN2O2/c19-17-5-4-15(20)8-16(17)18(24)22-10-13(14(11-22)12-23)9-21-6-2-1-3-7-21/h4-5,8,13-14,23H,1-3,6-7,9-12H2/t13-,14-/m0/s1. The summed E-state index contributed by atoms with van der Waals surface area (Å²) in [5, 5.41) is 9.96. The molecule has 1 aromatic rings. The van der Waals surface area contributed by atoms with Crippen molar-refractivity contribution in [2.75, 3.05) is 39.3 Å². The van der Waals surface area contributed by atoms with Gasteiger partial charge in [-0.3, -0.25) is 4.79 Å². The lowest BCUT2D eigenvalue weighted by Gasteiger charge is -2.30. The number of nitrogens with zero attached hydrogens (tertiary/aromatic N) is 2. The summed E-state index contributed by atoms with van der Waals surface area (Å²) in [6, 6.07) is 3.85. The second kappa shape index (κ2) is 7.81. The number of piperidine rings is 1. The molecule has 0 unspecified atom stereocenters. The van der Waals surface area contributed by atoms with E-state index < -0.39 is 5.82 Å². The molecule has 2 aliphatic rings. The topological polar surface area (TPSA) is 43.8 Å². The molecular weight excluding hydrogens is 331 g/mol. The van der Waals surface area contributed by atoms with E-state index in [1.807, 2.05) is 0 Å². The van der Waals surface area contributed by atoms with Crippen LogP contribution in [0.15, 0.2) is 18.2 Å². The van der Waals surface area contributed by atoms with Crippen LogP contribution in [0.4, 0.5) is 4.39 Å². The Morgan fingerprint density at radius 2 is 1.92 bits per heavy atom. The van der Waals surface area contributed by atoms with Crippen LogP contribution in [-0.4, -0.2) is 60.1 Å². The van der Waals surface area contributed by atoms with Crippen LogP contribution in [0.2, 0.25) is 5.02 Å². The third-order valence-corrected chi connectivity index (χ3v) is 5.53. The predicted molar refractivity (Wildman–Crippen MR) is 91.7 cm³/mol. The molecule has 2 fully saturated rings. The maximum absolute atomic E-state index is 13.4. The normalized spacial score (nSPS) is 25.2. The quantitative estimate of drug-likeness (QED) is 0.904. The van der Waals surface area contributed by atoms with Gasteiger partial charge in [0, 0.05) is 32.2 Å². The maximum atomic E-state index is 13.4. The number of likely N-dealkylation sites (tertiary alicyclic amines) is 2. The van der Waals surface area contributed by atoms with E-state index in [1.165, 1.54) is 37.5 Å². The maximum Gasteiger partial charge on any atom is 0.255 e. The molecule has 0 saturated carbocycles. The Hall–Kier alpha value is -1.17. The highest BCUT2D eigenvalue weighted by molar-refractivity contribution is 6.33. The Kier molecular flexibility index (Phi) is 5.74. The van der Waals surface area contributed by atoms with Gasteiger partial charge in [0.05, 0.1) is 10.6 Å². The molecule has 132 valence electrons. The van der Waals surface area contributed by atoms with Gasteiger partial charge in [-0.1, -0.05) is 18.0 Å². The van der Waals surface area contributed by atoms with Crippen LogP contribution in [0.1, 0.15) is 29.6 Å². The first-order chi connectivity index (χ1) is 11.6. The van der Waals surface area contributed by atoms with Gasteiger partial charge >= 0.3 is 0 Å². The van der Waals surface area contributed by atoms with E-state index in [9.17, 15) is 14.3 Å². The van der Waals surface area contributed by atoms with Crippen LogP contribution < -0.4 is 0 Å². The molecule has 2 atom stereocenters. The molecule has 4 nitrogen and oxygen atoms in total. The van der Waals surface area contributed by atoms with Crippen molar-refractivity contribution >= 4 is 17.5 Å². The fourth-order valence-electron chi connectivity index (χ4n) is 3.82. The fourth-order valence-corrected chi connectivity index (χ4v) is 4.02. The Labute approximate surface area is 147 Å². The summed E-state index contributed by atoms with van der Waals surface area (Å²) in [5.41, 5.74) is 0.201. The van der Waals surface area contributed by atoms with E-state index in [4.69, 9.17) is 11.6 Å². The number of hydrogen-bond donors (Lipinski definition) is 1.